The molecule has 0 aromatic rings. The molecule has 1 aliphatic rings. The maximum absolute atomic E-state index is 12.1. The van der Waals surface area contributed by atoms with Gasteiger partial charge in [-0.15, -0.1) is 0 Å². The number of carbonyl (C=O) groups excluding carboxylic acids is 1. The molecule has 7 heteroatoms. The van der Waals surface area contributed by atoms with Crippen LogP contribution in [-0.4, -0.2) is 44.0 Å². The molecule has 0 aliphatic heterocycles. The van der Waals surface area contributed by atoms with E-state index in [2.05, 4.69) is 5.32 Å². The van der Waals surface area contributed by atoms with Crippen molar-refractivity contribution >= 4 is 5.97 Å². The molecule has 0 heterocycles. The van der Waals surface area contributed by atoms with Crippen molar-refractivity contribution < 1.29 is 27.4 Å². The Bertz CT molecular complexity index is 329. The number of nitrogens with one attached hydrogen (secondary N) is 1. The Kier molecular flexibility index (Phi) is 5.82. The SMILES string of the molecule is COC(=O)C(COCCC(F)(F)F)(NC(C)C)C1CC1. The standard InChI is InChI=1S/C13H22F3NO3/c1-9(2)17-12(10-4-5-10,11(18)19-3)8-20-7-6-13(14,15)16/h9-10,17H,4-8H2,1-3H3. The quantitative estimate of drug-likeness (QED) is 0.551. The summed E-state index contributed by atoms with van der Waals surface area (Å²) in [5.74, 6) is -0.413. The molecule has 118 valence electrons. The van der Waals surface area contributed by atoms with E-state index in [9.17, 15) is 18.0 Å². The minimum Gasteiger partial charge on any atom is -0.468 e. The summed E-state index contributed by atoms with van der Waals surface area (Å²) >= 11 is 0. The molecule has 0 aromatic heterocycles. The van der Waals surface area contributed by atoms with Gasteiger partial charge in [-0.05, 0) is 32.6 Å². The molecule has 1 rings (SSSR count). The van der Waals surface area contributed by atoms with E-state index in [0.717, 1.165) is 12.8 Å². The van der Waals surface area contributed by atoms with Gasteiger partial charge in [0, 0.05) is 6.04 Å². The Morgan fingerprint density at radius 3 is 2.35 bits per heavy atom. The molecule has 1 atom stereocenters. The molecule has 1 N–H and O–H groups in total. The van der Waals surface area contributed by atoms with Gasteiger partial charge in [0.05, 0.1) is 26.7 Å². The summed E-state index contributed by atoms with van der Waals surface area (Å²) in [6.45, 7) is 3.19. The molecule has 20 heavy (non-hydrogen) atoms. The highest BCUT2D eigenvalue weighted by Crippen LogP contribution is 2.41. The normalized spacial score (nSPS) is 18.9. The third-order valence-electron chi connectivity index (χ3n) is 3.23. The monoisotopic (exact) mass is 297 g/mol. The lowest BCUT2D eigenvalue weighted by Crippen LogP contribution is -2.60. The first-order chi connectivity index (χ1) is 9.21. The van der Waals surface area contributed by atoms with Crippen LogP contribution in [0, 0.1) is 5.92 Å². The molecule has 1 saturated carbocycles. The average molecular weight is 297 g/mol. The van der Waals surface area contributed by atoms with Crippen molar-refractivity contribution in [3.63, 3.8) is 0 Å². The van der Waals surface area contributed by atoms with E-state index in [-0.39, 0.29) is 18.6 Å². The fraction of sp³-hybridized carbons (Fsp3) is 0.923. The third kappa shape index (κ3) is 4.94. The van der Waals surface area contributed by atoms with Gasteiger partial charge < -0.3 is 9.47 Å². The van der Waals surface area contributed by atoms with Crippen LogP contribution in [0.15, 0.2) is 0 Å². The molecule has 0 aromatic carbocycles. The Hall–Kier alpha value is -0.820. The molecular formula is C13H22F3NO3. The van der Waals surface area contributed by atoms with Crippen LogP contribution in [0.25, 0.3) is 0 Å². The number of rotatable bonds is 8. The van der Waals surface area contributed by atoms with Crippen molar-refractivity contribution in [1.82, 2.24) is 5.32 Å². The predicted octanol–water partition coefficient (Wildman–Crippen LogP) is 2.28. The zero-order chi connectivity index (χ0) is 15.4. The highest BCUT2D eigenvalue weighted by molar-refractivity contribution is 5.82. The van der Waals surface area contributed by atoms with Gasteiger partial charge in [0.15, 0.2) is 0 Å². The second kappa shape index (κ2) is 6.76. The number of carbonyl (C=O) groups is 1. The van der Waals surface area contributed by atoms with Gasteiger partial charge in [-0.25, -0.2) is 4.79 Å². The van der Waals surface area contributed by atoms with Gasteiger partial charge in [-0.3, -0.25) is 5.32 Å². The van der Waals surface area contributed by atoms with E-state index < -0.39 is 30.7 Å². The molecule has 0 radical (unpaired) electrons. The van der Waals surface area contributed by atoms with Crippen LogP contribution < -0.4 is 5.32 Å². The van der Waals surface area contributed by atoms with Crippen molar-refractivity contribution in [2.24, 2.45) is 5.92 Å². The lowest BCUT2D eigenvalue weighted by molar-refractivity contribution is -0.158. The minimum atomic E-state index is -4.25. The number of halogens is 3. The molecule has 0 spiro atoms. The largest absolute Gasteiger partial charge is 0.468 e. The molecular weight excluding hydrogens is 275 g/mol. The summed E-state index contributed by atoms with van der Waals surface area (Å²) in [5.41, 5.74) is -1.03. The van der Waals surface area contributed by atoms with Gasteiger partial charge in [0.25, 0.3) is 0 Å². The highest BCUT2D eigenvalue weighted by Gasteiger charge is 2.52. The van der Waals surface area contributed by atoms with Crippen molar-refractivity contribution in [1.29, 1.82) is 0 Å². The van der Waals surface area contributed by atoms with E-state index >= 15 is 0 Å². The summed E-state index contributed by atoms with van der Waals surface area (Å²) in [7, 11) is 1.27. The molecule has 1 unspecified atom stereocenters. The van der Waals surface area contributed by atoms with Crippen molar-refractivity contribution in [2.75, 3.05) is 20.3 Å². The second-order valence-corrected chi connectivity index (χ2v) is 5.45. The van der Waals surface area contributed by atoms with Gasteiger partial charge in [0.1, 0.15) is 5.54 Å². The van der Waals surface area contributed by atoms with Gasteiger partial charge in [0.2, 0.25) is 0 Å². The second-order valence-electron chi connectivity index (χ2n) is 5.45. The maximum Gasteiger partial charge on any atom is 0.391 e. The Labute approximate surface area is 117 Å². The van der Waals surface area contributed by atoms with E-state index in [1.807, 2.05) is 13.8 Å². The van der Waals surface area contributed by atoms with Crippen LogP contribution in [0.2, 0.25) is 0 Å². The summed E-state index contributed by atoms with van der Waals surface area (Å²) in [6.07, 6.45) is -3.58. The maximum atomic E-state index is 12.1. The zero-order valence-electron chi connectivity index (χ0n) is 12.0. The molecule has 0 amide bonds. The molecule has 1 aliphatic carbocycles. The van der Waals surface area contributed by atoms with Crippen LogP contribution in [0.4, 0.5) is 13.2 Å². The highest BCUT2D eigenvalue weighted by atomic mass is 19.4. The Balaban J connectivity index is 2.64. The van der Waals surface area contributed by atoms with Gasteiger partial charge in [-0.1, -0.05) is 0 Å². The first kappa shape index (κ1) is 17.2. The number of hydrogen-bond donors (Lipinski definition) is 1. The van der Waals surface area contributed by atoms with Gasteiger partial charge >= 0.3 is 12.1 Å². The molecule has 1 fully saturated rings. The molecule has 0 bridgehead atoms. The number of ether oxygens (including phenoxy) is 2. The Morgan fingerprint density at radius 2 is 1.95 bits per heavy atom. The number of alkyl halides is 3. The van der Waals surface area contributed by atoms with Gasteiger partial charge in [-0.2, -0.15) is 13.2 Å². The first-order valence-electron chi connectivity index (χ1n) is 6.72. The average Bonchev–Trinajstić information content (AvgIpc) is 3.14. The lowest BCUT2D eigenvalue weighted by atomic mass is 9.93. The summed E-state index contributed by atoms with van der Waals surface area (Å²) in [4.78, 5) is 12.1. The number of hydrogen-bond acceptors (Lipinski definition) is 4. The van der Waals surface area contributed by atoms with Crippen molar-refractivity contribution in [2.45, 2.75) is 50.9 Å². The van der Waals surface area contributed by atoms with Crippen LogP contribution in [0.5, 0.6) is 0 Å². The van der Waals surface area contributed by atoms with Crippen molar-refractivity contribution in [3.8, 4) is 0 Å². The zero-order valence-corrected chi connectivity index (χ0v) is 12.0. The first-order valence-corrected chi connectivity index (χ1v) is 6.72. The number of methoxy groups -OCH3 is 1. The van der Waals surface area contributed by atoms with Crippen LogP contribution in [-0.2, 0) is 14.3 Å². The smallest absolute Gasteiger partial charge is 0.391 e. The lowest BCUT2D eigenvalue weighted by Gasteiger charge is -2.34. The fourth-order valence-electron chi connectivity index (χ4n) is 2.26. The Morgan fingerprint density at radius 1 is 1.35 bits per heavy atom. The van der Waals surface area contributed by atoms with Crippen LogP contribution in [0.3, 0.4) is 0 Å². The third-order valence-corrected chi connectivity index (χ3v) is 3.23. The molecule has 4 nitrogen and oxygen atoms in total. The summed E-state index contributed by atoms with van der Waals surface area (Å²) < 4.78 is 46.2. The van der Waals surface area contributed by atoms with E-state index in [4.69, 9.17) is 9.47 Å². The summed E-state index contributed by atoms with van der Waals surface area (Å²) in [5, 5.41) is 3.12. The number of esters is 1. The fourth-order valence-corrected chi connectivity index (χ4v) is 2.26. The summed E-state index contributed by atoms with van der Waals surface area (Å²) in [6, 6.07) is 0.000848. The topological polar surface area (TPSA) is 47.6 Å². The molecule has 0 saturated heterocycles. The minimum absolute atomic E-state index is 0.000848. The van der Waals surface area contributed by atoms with Crippen LogP contribution in [0.1, 0.15) is 33.1 Å². The van der Waals surface area contributed by atoms with Crippen molar-refractivity contribution in [3.05, 3.63) is 0 Å². The van der Waals surface area contributed by atoms with E-state index in [0.29, 0.717) is 0 Å². The van der Waals surface area contributed by atoms with Crippen LogP contribution >= 0.6 is 0 Å². The van der Waals surface area contributed by atoms with E-state index in [1.165, 1.54) is 7.11 Å². The predicted molar refractivity (Wildman–Crippen MR) is 67.2 cm³/mol. The van der Waals surface area contributed by atoms with E-state index in [1.54, 1.807) is 0 Å².